The molecule has 22 heavy (non-hydrogen) atoms. The molecule has 2 N–H and O–H groups in total. The number of aromatic nitrogens is 1. The maximum absolute atomic E-state index is 12.0. The first kappa shape index (κ1) is 15.4. The first-order valence-electron chi connectivity index (χ1n) is 7.91. The number of nitrogens with zero attached hydrogens (tertiary/aromatic N) is 2. The molecule has 0 saturated heterocycles. The Bertz CT molecular complexity index is 566. The van der Waals surface area contributed by atoms with Gasteiger partial charge in [0, 0.05) is 30.4 Å². The van der Waals surface area contributed by atoms with Gasteiger partial charge in [0.1, 0.15) is 0 Å². The first-order chi connectivity index (χ1) is 10.6. The van der Waals surface area contributed by atoms with Crippen LogP contribution in [-0.2, 0) is 22.6 Å². The second kappa shape index (κ2) is 6.75. The van der Waals surface area contributed by atoms with E-state index in [9.17, 15) is 9.59 Å². The largest absolute Gasteiger partial charge is 0.345 e. The van der Waals surface area contributed by atoms with Crippen LogP contribution in [0.1, 0.15) is 42.7 Å². The van der Waals surface area contributed by atoms with E-state index in [4.69, 9.17) is 0 Å². The van der Waals surface area contributed by atoms with E-state index in [-0.39, 0.29) is 6.04 Å². The van der Waals surface area contributed by atoms with Gasteiger partial charge in [-0.1, -0.05) is 19.3 Å². The molecular weight excluding hydrogens is 300 g/mol. The van der Waals surface area contributed by atoms with Gasteiger partial charge in [0.2, 0.25) is 0 Å². The van der Waals surface area contributed by atoms with E-state index in [0.717, 1.165) is 50.9 Å². The second-order valence-corrected chi connectivity index (χ2v) is 7.22. The summed E-state index contributed by atoms with van der Waals surface area (Å²) in [7, 11) is 2.07. The zero-order valence-corrected chi connectivity index (χ0v) is 13.7. The highest BCUT2D eigenvalue weighted by atomic mass is 32.1. The summed E-state index contributed by atoms with van der Waals surface area (Å²) in [6.07, 6.45) is 6.30. The molecule has 1 aliphatic heterocycles. The highest BCUT2D eigenvalue weighted by molar-refractivity contribution is 7.16. The van der Waals surface area contributed by atoms with Crippen molar-refractivity contribution in [3.8, 4) is 0 Å². The lowest BCUT2D eigenvalue weighted by atomic mass is 9.95. The predicted molar refractivity (Wildman–Crippen MR) is 85.8 cm³/mol. The maximum Gasteiger partial charge on any atom is 0.315 e. The molecule has 6 nitrogen and oxygen atoms in total. The number of likely N-dealkylation sites (N-methyl/N-ethyl adjacent to an activating group) is 1. The fourth-order valence-corrected chi connectivity index (χ4v) is 4.11. The number of hydrogen-bond donors (Lipinski definition) is 2. The molecule has 2 amide bonds. The van der Waals surface area contributed by atoms with Gasteiger partial charge in [-0.05, 0) is 19.9 Å². The van der Waals surface area contributed by atoms with Crippen molar-refractivity contribution in [2.24, 2.45) is 0 Å². The van der Waals surface area contributed by atoms with Gasteiger partial charge in [-0.3, -0.25) is 14.9 Å². The monoisotopic (exact) mass is 322 g/mol. The molecule has 0 spiro atoms. The van der Waals surface area contributed by atoms with Gasteiger partial charge >= 0.3 is 11.8 Å². The highest BCUT2D eigenvalue weighted by Crippen LogP contribution is 2.27. The Hall–Kier alpha value is -1.47. The minimum atomic E-state index is -0.606. The zero-order valence-electron chi connectivity index (χ0n) is 12.9. The topological polar surface area (TPSA) is 74.3 Å². The summed E-state index contributed by atoms with van der Waals surface area (Å²) >= 11 is 1.47. The molecule has 3 rings (SSSR count). The van der Waals surface area contributed by atoms with Gasteiger partial charge < -0.3 is 10.2 Å². The molecular formula is C15H22N4O2S. The SMILES string of the molecule is CN1CCc2nc(NC(=O)C(=O)NC3CCCCC3)sc2C1. The van der Waals surface area contributed by atoms with E-state index in [0.29, 0.717) is 5.13 Å². The van der Waals surface area contributed by atoms with Crippen molar-refractivity contribution in [2.75, 3.05) is 18.9 Å². The number of hydrogen-bond acceptors (Lipinski definition) is 5. The van der Waals surface area contributed by atoms with E-state index in [2.05, 4.69) is 27.6 Å². The van der Waals surface area contributed by atoms with Crippen molar-refractivity contribution >= 4 is 28.3 Å². The van der Waals surface area contributed by atoms with Gasteiger partial charge in [-0.2, -0.15) is 0 Å². The van der Waals surface area contributed by atoms with Crippen LogP contribution >= 0.6 is 11.3 Å². The number of rotatable bonds is 2. The van der Waals surface area contributed by atoms with Gasteiger partial charge in [0.15, 0.2) is 5.13 Å². The molecule has 2 aliphatic rings. The molecule has 0 radical (unpaired) electrons. The number of fused-ring (bicyclic) bond motifs is 1. The predicted octanol–water partition coefficient (Wildman–Crippen LogP) is 1.52. The van der Waals surface area contributed by atoms with Crippen LogP contribution in [0.3, 0.4) is 0 Å². The van der Waals surface area contributed by atoms with E-state index in [1.165, 1.54) is 22.6 Å². The van der Waals surface area contributed by atoms with Gasteiger partial charge in [-0.25, -0.2) is 4.98 Å². The third kappa shape index (κ3) is 3.64. The molecule has 1 saturated carbocycles. The van der Waals surface area contributed by atoms with Crippen molar-refractivity contribution in [3.05, 3.63) is 10.6 Å². The minimum absolute atomic E-state index is 0.144. The summed E-state index contributed by atoms with van der Waals surface area (Å²) in [6.45, 7) is 1.84. The summed E-state index contributed by atoms with van der Waals surface area (Å²) in [5.74, 6) is -1.15. The number of carbonyl (C=O) groups is 2. The van der Waals surface area contributed by atoms with Crippen LogP contribution in [0, 0.1) is 0 Å². The lowest BCUT2D eigenvalue weighted by molar-refractivity contribution is -0.136. The van der Waals surface area contributed by atoms with Crippen LogP contribution in [0.5, 0.6) is 0 Å². The van der Waals surface area contributed by atoms with Crippen LogP contribution in [0.15, 0.2) is 0 Å². The lowest BCUT2D eigenvalue weighted by Gasteiger charge is -2.22. The summed E-state index contributed by atoms with van der Waals surface area (Å²) in [5.41, 5.74) is 1.05. The minimum Gasteiger partial charge on any atom is -0.345 e. The smallest absolute Gasteiger partial charge is 0.315 e. The summed E-state index contributed by atoms with van der Waals surface area (Å²) in [5, 5.41) is 6.00. The molecule has 1 aromatic rings. The van der Waals surface area contributed by atoms with Crippen molar-refractivity contribution in [2.45, 2.75) is 51.1 Å². The van der Waals surface area contributed by atoms with Crippen LogP contribution in [-0.4, -0.2) is 41.3 Å². The Balaban J connectivity index is 1.56. The Morgan fingerprint density at radius 1 is 1.23 bits per heavy atom. The fraction of sp³-hybridized carbons (Fsp3) is 0.667. The van der Waals surface area contributed by atoms with E-state index in [1.54, 1.807) is 0 Å². The summed E-state index contributed by atoms with van der Waals surface area (Å²) < 4.78 is 0. The fourth-order valence-electron chi connectivity index (χ4n) is 3.03. The first-order valence-corrected chi connectivity index (χ1v) is 8.72. The average Bonchev–Trinajstić information content (AvgIpc) is 2.89. The number of carbonyl (C=O) groups excluding carboxylic acids is 2. The highest BCUT2D eigenvalue weighted by Gasteiger charge is 2.23. The van der Waals surface area contributed by atoms with Gasteiger partial charge in [0.05, 0.1) is 5.69 Å². The average molecular weight is 322 g/mol. The molecule has 7 heteroatoms. The molecule has 0 aromatic carbocycles. The Kier molecular flexibility index (Phi) is 4.73. The van der Waals surface area contributed by atoms with E-state index in [1.807, 2.05) is 0 Å². The molecule has 1 fully saturated rings. The molecule has 1 aromatic heterocycles. The van der Waals surface area contributed by atoms with Crippen LogP contribution in [0.2, 0.25) is 0 Å². The van der Waals surface area contributed by atoms with E-state index < -0.39 is 11.8 Å². The van der Waals surface area contributed by atoms with Crippen molar-refractivity contribution in [1.82, 2.24) is 15.2 Å². The summed E-state index contributed by atoms with van der Waals surface area (Å²) in [4.78, 5) is 31.8. The third-order valence-corrected chi connectivity index (χ3v) is 5.29. The van der Waals surface area contributed by atoms with Gasteiger partial charge in [0.25, 0.3) is 0 Å². The Morgan fingerprint density at radius 3 is 2.77 bits per heavy atom. The molecule has 2 heterocycles. The van der Waals surface area contributed by atoms with Crippen molar-refractivity contribution < 1.29 is 9.59 Å². The van der Waals surface area contributed by atoms with Crippen molar-refractivity contribution in [3.63, 3.8) is 0 Å². The Labute approximate surface area is 134 Å². The quantitative estimate of drug-likeness (QED) is 0.810. The second-order valence-electron chi connectivity index (χ2n) is 6.14. The third-order valence-electron chi connectivity index (χ3n) is 4.29. The van der Waals surface area contributed by atoms with Gasteiger partial charge in [-0.15, -0.1) is 11.3 Å². The Morgan fingerprint density at radius 2 is 2.00 bits per heavy atom. The lowest BCUT2D eigenvalue weighted by Crippen LogP contribution is -2.42. The maximum atomic E-state index is 12.0. The van der Waals surface area contributed by atoms with Crippen LogP contribution < -0.4 is 10.6 Å². The number of anilines is 1. The van der Waals surface area contributed by atoms with E-state index >= 15 is 0 Å². The number of thiazole rings is 1. The van der Waals surface area contributed by atoms with Crippen LogP contribution in [0.25, 0.3) is 0 Å². The number of amides is 2. The molecule has 1 aliphatic carbocycles. The van der Waals surface area contributed by atoms with Crippen molar-refractivity contribution in [1.29, 1.82) is 0 Å². The van der Waals surface area contributed by atoms with Crippen LogP contribution in [0.4, 0.5) is 5.13 Å². The number of nitrogens with one attached hydrogen (secondary N) is 2. The standard InChI is InChI=1S/C15H22N4O2S/c1-19-8-7-11-12(9-19)22-15(17-11)18-14(21)13(20)16-10-5-3-2-4-6-10/h10H,2-9H2,1H3,(H,16,20)(H,17,18,21). The zero-order chi connectivity index (χ0) is 15.5. The normalized spacial score (nSPS) is 19.5. The summed E-state index contributed by atoms with van der Waals surface area (Å²) in [6, 6.07) is 0.144. The molecule has 0 atom stereocenters. The molecule has 120 valence electrons. The molecule has 0 unspecified atom stereocenters. The molecule has 0 bridgehead atoms.